The normalized spacial score (nSPS) is 19.4. The third-order valence-electron chi connectivity index (χ3n) is 3.13. The molecule has 4 nitrogen and oxygen atoms in total. The molecule has 1 N–H and O–H groups in total. The van der Waals surface area contributed by atoms with E-state index in [-0.39, 0.29) is 12.1 Å². The van der Waals surface area contributed by atoms with Crippen LogP contribution in [0.4, 0.5) is 5.69 Å². The van der Waals surface area contributed by atoms with Crippen LogP contribution in [0.1, 0.15) is 27.7 Å². The van der Waals surface area contributed by atoms with Gasteiger partial charge in [0.2, 0.25) is 5.79 Å². The van der Waals surface area contributed by atoms with E-state index in [1.54, 1.807) is 7.11 Å². The van der Waals surface area contributed by atoms with Crippen LogP contribution in [-0.4, -0.2) is 25.0 Å². The molecule has 1 heterocycles. The van der Waals surface area contributed by atoms with E-state index < -0.39 is 5.79 Å². The van der Waals surface area contributed by atoms with Gasteiger partial charge in [-0.25, -0.2) is 0 Å². The van der Waals surface area contributed by atoms with Gasteiger partial charge in [0.05, 0.1) is 6.10 Å². The summed E-state index contributed by atoms with van der Waals surface area (Å²) in [5.74, 6) is 0.993. The van der Waals surface area contributed by atoms with Crippen molar-refractivity contribution >= 4 is 5.69 Å². The molecule has 0 fully saturated rings. The Morgan fingerprint density at radius 3 is 2.50 bits per heavy atom. The zero-order valence-corrected chi connectivity index (χ0v) is 11.6. The maximum atomic E-state index is 5.71. The minimum atomic E-state index is -0.577. The van der Waals surface area contributed by atoms with Crippen molar-refractivity contribution in [3.8, 4) is 11.5 Å². The van der Waals surface area contributed by atoms with Gasteiger partial charge in [-0.15, -0.1) is 0 Å². The fourth-order valence-electron chi connectivity index (χ4n) is 1.90. The lowest BCUT2D eigenvalue weighted by Gasteiger charge is -2.21. The number of anilines is 1. The van der Waals surface area contributed by atoms with Crippen LogP contribution in [0.5, 0.6) is 11.5 Å². The van der Waals surface area contributed by atoms with Crippen molar-refractivity contribution in [3.63, 3.8) is 0 Å². The smallest absolute Gasteiger partial charge is 0.246 e. The van der Waals surface area contributed by atoms with Gasteiger partial charge in [0, 0.05) is 38.8 Å². The molecule has 0 saturated heterocycles. The van der Waals surface area contributed by atoms with Gasteiger partial charge in [-0.2, -0.15) is 0 Å². The van der Waals surface area contributed by atoms with E-state index in [2.05, 4.69) is 12.2 Å². The number of benzene rings is 1. The first-order valence-corrected chi connectivity index (χ1v) is 6.23. The molecule has 1 aromatic carbocycles. The summed E-state index contributed by atoms with van der Waals surface area (Å²) in [6.07, 6.45) is 0.145. The topological polar surface area (TPSA) is 39.7 Å². The number of hydrogen-bond donors (Lipinski definition) is 1. The van der Waals surface area contributed by atoms with Crippen molar-refractivity contribution in [2.75, 3.05) is 12.4 Å². The number of methoxy groups -OCH3 is 1. The first kappa shape index (κ1) is 13.0. The van der Waals surface area contributed by atoms with Crippen LogP contribution in [0.25, 0.3) is 0 Å². The van der Waals surface area contributed by atoms with E-state index in [0.29, 0.717) is 0 Å². The molecule has 4 heteroatoms. The number of rotatable bonds is 4. The Morgan fingerprint density at radius 2 is 1.83 bits per heavy atom. The molecule has 0 radical (unpaired) electrons. The second-order valence-electron chi connectivity index (χ2n) is 5.14. The minimum absolute atomic E-state index is 0.145. The molecule has 0 amide bonds. The molecular weight excluding hydrogens is 230 g/mol. The Kier molecular flexibility index (Phi) is 3.39. The zero-order valence-electron chi connectivity index (χ0n) is 11.6. The van der Waals surface area contributed by atoms with Crippen LogP contribution >= 0.6 is 0 Å². The van der Waals surface area contributed by atoms with Crippen molar-refractivity contribution in [1.82, 2.24) is 0 Å². The summed E-state index contributed by atoms with van der Waals surface area (Å²) in [5.41, 5.74) is 1.01. The lowest BCUT2D eigenvalue weighted by molar-refractivity contribution is -0.0431. The highest BCUT2D eigenvalue weighted by Gasteiger charge is 2.31. The molecule has 1 aromatic rings. The van der Waals surface area contributed by atoms with Gasteiger partial charge in [-0.1, -0.05) is 0 Å². The lowest BCUT2D eigenvalue weighted by Crippen LogP contribution is -2.30. The molecule has 2 rings (SSSR count). The van der Waals surface area contributed by atoms with Gasteiger partial charge in [-0.3, -0.25) is 0 Å². The van der Waals surface area contributed by atoms with Crippen LogP contribution in [0.3, 0.4) is 0 Å². The largest absolute Gasteiger partial charge is 0.449 e. The first-order valence-electron chi connectivity index (χ1n) is 6.23. The molecule has 100 valence electrons. The van der Waals surface area contributed by atoms with E-state index in [1.165, 1.54) is 0 Å². The Morgan fingerprint density at radius 1 is 1.17 bits per heavy atom. The molecule has 0 aliphatic carbocycles. The maximum absolute atomic E-state index is 5.71. The van der Waals surface area contributed by atoms with E-state index in [0.717, 1.165) is 17.2 Å². The Bertz CT molecular complexity index is 431. The fraction of sp³-hybridized carbons (Fsp3) is 0.571. The third kappa shape index (κ3) is 2.70. The molecule has 1 aliphatic heterocycles. The molecule has 2 unspecified atom stereocenters. The van der Waals surface area contributed by atoms with Crippen molar-refractivity contribution < 1.29 is 14.2 Å². The summed E-state index contributed by atoms with van der Waals surface area (Å²) in [7, 11) is 1.71. The monoisotopic (exact) mass is 251 g/mol. The number of ether oxygens (including phenoxy) is 3. The second-order valence-corrected chi connectivity index (χ2v) is 5.14. The highest BCUT2D eigenvalue weighted by atomic mass is 16.7. The fourth-order valence-corrected chi connectivity index (χ4v) is 1.90. The van der Waals surface area contributed by atoms with E-state index >= 15 is 0 Å². The third-order valence-corrected chi connectivity index (χ3v) is 3.13. The van der Waals surface area contributed by atoms with E-state index in [1.807, 2.05) is 39.0 Å². The Balaban J connectivity index is 2.09. The number of fused-ring (bicyclic) bond motifs is 1. The van der Waals surface area contributed by atoms with Gasteiger partial charge in [-0.05, 0) is 26.0 Å². The molecule has 2 atom stereocenters. The van der Waals surface area contributed by atoms with Gasteiger partial charge >= 0.3 is 0 Å². The highest BCUT2D eigenvalue weighted by Crippen LogP contribution is 2.40. The zero-order chi connectivity index (χ0) is 13.3. The van der Waals surface area contributed by atoms with Gasteiger partial charge in [0.1, 0.15) is 0 Å². The predicted molar refractivity (Wildman–Crippen MR) is 71.3 cm³/mol. The summed E-state index contributed by atoms with van der Waals surface area (Å²) in [6, 6.07) is 6.10. The molecule has 18 heavy (non-hydrogen) atoms. The molecule has 0 spiro atoms. The number of hydrogen-bond acceptors (Lipinski definition) is 4. The first-order chi connectivity index (χ1) is 8.41. The molecular formula is C14H21NO3. The Hall–Kier alpha value is -1.42. The van der Waals surface area contributed by atoms with Crippen molar-refractivity contribution in [2.24, 2.45) is 0 Å². The second kappa shape index (κ2) is 4.69. The average Bonchev–Trinajstić information content (AvgIpc) is 2.61. The van der Waals surface area contributed by atoms with Gasteiger partial charge in [0.25, 0.3) is 0 Å². The summed E-state index contributed by atoms with van der Waals surface area (Å²) < 4.78 is 16.6. The van der Waals surface area contributed by atoms with Crippen LogP contribution < -0.4 is 14.8 Å². The van der Waals surface area contributed by atoms with E-state index in [4.69, 9.17) is 14.2 Å². The maximum Gasteiger partial charge on any atom is 0.246 e. The quantitative estimate of drug-likeness (QED) is 0.893. The van der Waals surface area contributed by atoms with Crippen LogP contribution in [0.15, 0.2) is 18.2 Å². The summed E-state index contributed by atoms with van der Waals surface area (Å²) >= 11 is 0. The van der Waals surface area contributed by atoms with Crippen LogP contribution in [0.2, 0.25) is 0 Å². The van der Waals surface area contributed by atoms with Gasteiger partial charge < -0.3 is 19.5 Å². The molecule has 0 saturated carbocycles. The standard InChI is InChI=1S/C14H21NO3/c1-9(10(2)16-5)15-11-6-7-12-13(8-11)18-14(3,4)17-12/h6-10,15H,1-5H3. The molecule has 0 bridgehead atoms. The predicted octanol–water partition coefficient (Wildman–Crippen LogP) is 3.03. The summed E-state index contributed by atoms with van der Waals surface area (Å²) in [4.78, 5) is 0. The lowest BCUT2D eigenvalue weighted by atomic mass is 10.2. The summed E-state index contributed by atoms with van der Waals surface area (Å²) in [5, 5.41) is 3.39. The average molecular weight is 251 g/mol. The SMILES string of the molecule is COC(C)C(C)Nc1ccc2c(c1)OC(C)(C)O2. The van der Waals surface area contributed by atoms with Crippen molar-refractivity contribution in [3.05, 3.63) is 18.2 Å². The Labute approximate surface area is 108 Å². The summed E-state index contributed by atoms with van der Waals surface area (Å²) in [6.45, 7) is 7.92. The molecule has 0 aromatic heterocycles. The van der Waals surface area contributed by atoms with Crippen LogP contribution in [0, 0.1) is 0 Å². The van der Waals surface area contributed by atoms with Crippen molar-refractivity contribution in [1.29, 1.82) is 0 Å². The van der Waals surface area contributed by atoms with Crippen LogP contribution in [-0.2, 0) is 4.74 Å². The minimum Gasteiger partial charge on any atom is -0.449 e. The van der Waals surface area contributed by atoms with Crippen molar-refractivity contribution in [2.45, 2.75) is 45.6 Å². The highest BCUT2D eigenvalue weighted by molar-refractivity contribution is 5.56. The number of nitrogens with one attached hydrogen (secondary N) is 1. The molecule has 1 aliphatic rings. The van der Waals surface area contributed by atoms with E-state index in [9.17, 15) is 0 Å². The van der Waals surface area contributed by atoms with Gasteiger partial charge in [0.15, 0.2) is 11.5 Å².